The fraction of sp³-hybridized carbons (Fsp3) is 0.333. The van der Waals surface area contributed by atoms with Crippen LogP contribution in [-0.4, -0.2) is 41.4 Å². The van der Waals surface area contributed by atoms with E-state index in [-0.39, 0.29) is 0 Å². The third-order valence-electron chi connectivity index (χ3n) is 2.92. The first-order valence-electron chi connectivity index (χ1n) is 7.06. The highest BCUT2D eigenvalue weighted by Crippen LogP contribution is 2.19. The standard InChI is InChI=1S/C15H20ClN5S/c1-17-15(19-7-10-21-9-6-18-12-21)20-8-11-22-14-4-2-13(16)3-5-14/h2-6,9,12H,7-8,10-11H2,1H3,(H2,17,19,20). The molecule has 2 N–H and O–H groups in total. The first-order valence-corrected chi connectivity index (χ1v) is 8.43. The number of hydrogen-bond donors (Lipinski definition) is 2. The third-order valence-corrected chi connectivity index (χ3v) is 4.19. The van der Waals surface area contributed by atoms with Crippen molar-refractivity contribution in [1.82, 2.24) is 20.2 Å². The van der Waals surface area contributed by atoms with Crippen molar-refractivity contribution in [3.8, 4) is 0 Å². The molecule has 0 amide bonds. The molecule has 0 bridgehead atoms. The molecule has 118 valence electrons. The van der Waals surface area contributed by atoms with Gasteiger partial charge in [0.2, 0.25) is 0 Å². The lowest BCUT2D eigenvalue weighted by atomic mass is 10.4. The number of benzene rings is 1. The molecule has 0 aliphatic heterocycles. The Hall–Kier alpha value is -1.66. The lowest BCUT2D eigenvalue weighted by Crippen LogP contribution is -2.39. The topological polar surface area (TPSA) is 54.2 Å². The summed E-state index contributed by atoms with van der Waals surface area (Å²) in [5, 5.41) is 7.34. The second-order valence-corrected chi connectivity index (χ2v) is 6.13. The highest BCUT2D eigenvalue weighted by Gasteiger charge is 1.98. The largest absolute Gasteiger partial charge is 0.356 e. The first kappa shape index (κ1) is 16.7. The minimum absolute atomic E-state index is 0.768. The number of guanidine groups is 1. The molecule has 1 aromatic carbocycles. The molecule has 0 saturated carbocycles. The maximum absolute atomic E-state index is 5.87. The van der Waals surface area contributed by atoms with E-state index in [9.17, 15) is 0 Å². The van der Waals surface area contributed by atoms with Crippen LogP contribution in [0, 0.1) is 0 Å². The summed E-state index contributed by atoms with van der Waals surface area (Å²) < 4.78 is 2.02. The molecule has 0 unspecified atom stereocenters. The Labute approximate surface area is 140 Å². The predicted molar refractivity (Wildman–Crippen MR) is 93.8 cm³/mol. The van der Waals surface area contributed by atoms with Crippen LogP contribution in [0.4, 0.5) is 0 Å². The number of imidazole rings is 1. The molecule has 0 aliphatic rings. The van der Waals surface area contributed by atoms with Gasteiger partial charge in [-0.25, -0.2) is 4.98 Å². The van der Waals surface area contributed by atoms with Gasteiger partial charge in [-0.05, 0) is 24.3 Å². The van der Waals surface area contributed by atoms with Crippen molar-refractivity contribution < 1.29 is 0 Å². The Morgan fingerprint density at radius 3 is 2.73 bits per heavy atom. The van der Waals surface area contributed by atoms with E-state index in [0.717, 1.165) is 36.4 Å². The van der Waals surface area contributed by atoms with Crippen molar-refractivity contribution in [1.29, 1.82) is 0 Å². The van der Waals surface area contributed by atoms with Crippen LogP contribution in [0.5, 0.6) is 0 Å². The van der Waals surface area contributed by atoms with Crippen molar-refractivity contribution in [2.75, 3.05) is 25.9 Å². The van der Waals surface area contributed by atoms with E-state index in [1.807, 2.05) is 35.0 Å². The van der Waals surface area contributed by atoms with Gasteiger partial charge < -0.3 is 15.2 Å². The number of aromatic nitrogens is 2. The van der Waals surface area contributed by atoms with Crippen LogP contribution in [0.3, 0.4) is 0 Å². The number of aliphatic imine (C=N–C) groups is 1. The number of thioether (sulfide) groups is 1. The Morgan fingerprint density at radius 1 is 1.27 bits per heavy atom. The predicted octanol–water partition coefficient (Wildman–Crippen LogP) is 2.49. The molecule has 0 spiro atoms. The van der Waals surface area contributed by atoms with Gasteiger partial charge in [0, 0.05) is 54.7 Å². The molecular weight excluding hydrogens is 318 g/mol. The third kappa shape index (κ3) is 5.99. The van der Waals surface area contributed by atoms with Gasteiger partial charge >= 0.3 is 0 Å². The summed E-state index contributed by atoms with van der Waals surface area (Å²) in [5.74, 6) is 1.78. The van der Waals surface area contributed by atoms with Crippen molar-refractivity contribution >= 4 is 29.3 Å². The van der Waals surface area contributed by atoms with Crippen LogP contribution in [0.15, 0.2) is 52.9 Å². The molecule has 7 heteroatoms. The first-order chi connectivity index (χ1) is 10.8. The summed E-state index contributed by atoms with van der Waals surface area (Å²) >= 11 is 7.65. The summed E-state index contributed by atoms with van der Waals surface area (Å²) in [6.07, 6.45) is 5.53. The lowest BCUT2D eigenvalue weighted by Gasteiger charge is -2.12. The minimum Gasteiger partial charge on any atom is -0.356 e. The maximum atomic E-state index is 5.87. The van der Waals surface area contributed by atoms with E-state index in [1.54, 1.807) is 31.3 Å². The molecule has 2 aromatic rings. The van der Waals surface area contributed by atoms with Crippen molar-refractivity contribution in [3.05, 3.63) is 48.0 Å². The molecule has 0 radical (unpaired) electrons. The smallest absolute Gasteiger partial charge is 0.191 e. The number of nitrogens with zero attached hydrogens (tertiary/aromatic N) is 3. The van der Waals surface area contributed by atoms with Gasteiger partial charge in [0.25, 0.3) is 0 Å². The van der Waals surface area contributed by atoms with E-state index in [0.29, 0.717) is 0 Å². The molecule has 2 rings (SSSR count). The Kier molecular flexibility index (Phi) is 7.12. The van der Waals surface area contributed by atoms with Crippen molar-refractivity contribution in [2.45, 2.75) is 11.4 Å². The SMILES string of the molecule is CN=C(NCCSc1ccc(Cl)cc1)NCCn1ccnc1. The summed E-state index contributed by atoms with van der Waals surface area (Å²) in [6, 6.07) is 7.89. The van der Waals surface area contributed by atoms with Gasteiger partial charge in [-0.1, -0.05) is 11.6 Å². The monoisotopic (exact) mass is 337 g/mol. The van der Waals surface area contributed by atoms with Crippen LogP contribution < -0.4 is 10.6 Å². The van der Waals surface area contributed by atoms with Gasteiger partial charge in [0.1, 0.15) is 0 Å². The Morgan fingerprint density at radius 2 is 2.05 bits per heavy atom. The van der Waals surface area contributed by atoms with Gasteiger partial charge in [0.05, 0.1) is 6.33 Å². The summed E-state index contributed by atoms with van der Waals surface area (Å²) in [5.41, 5.74) is 0. The van der Waals surface area contributed by atoms with Crippen LogP contribution in [0.2, 0.25) is 5.02 Å². The zero-order chi connectivity index (χ0) is 15.6. The van der Waals surface area contributed by atoms with Gasteiger partial charge in [-0.2, -0.15) is 0 Å². The van der Waals surface area contributed by atoms with Crippen LogP contribution in [0.1, 0.15) is 0 Å². The molecule has 22 heavy (non-hydrogen) atoms. The number of hydrogen-bond acceptors (Lipinski definition) is 3. The van der Waals surface area contributed by atoms with Crippen molar-refractivity contribution in [2.24, 2.45) is 4.99 Å². The van der Waals surface area contributed by atoms with Crippen molar-refractivity contribution in [3.63, 3.8) is 0 Å². The van der Waals surface area contributed by atoms with Gasteiger partial charge in [-0.3, -0.25) is 4.99 Å². The van der Waals surface area contributed by atoms with E-state index in [1.165, 1.54) is 4.90 Å². The molecule has 0 aliphatic carbocycles. The number of halogens is 1. The second kappa shape index (κ2) is 9.38. The van der Waals surface area contributed by atoms with Gasteiger partial charge in [-0.15, -0.1) is 11.8 Å². The van der Waals surface area contributed by atoms with E-state index in [2.05, 4.69) is 20.6 Å². The van der Waals surface area contributed by atoms with E-state index in [4.69, 9.17) is 11.6 Å². The zero-order valence-electron chi connectivity index (χ0n) is 12.5. The fourth-order valence-electron chi connectivity index (χ4n) is 1.81. The highest BCUT2D eigenvalue weighted by molar-refractivity contribution is 7.99. The van der Waals surface area contributed by atoms with E-state index < -0.39 is 0 Å². The molecule has 0 atom stereocenters. The van der Waals surface area contributed by atoms with E-state index >= 15 is 0 Å². The molecule has 0 saturated heterocycles. The zero-order valence-corrected chi connectivity index (χ0v) is 14.1. The molecule has 1 heterocycles. The quantitative estimate of drug-likeness (QED) is 0.353. The van der Waals surface area contributed by atoms with Gasteiger partial charge in [0.15, 0.2) is 5.96 Å². The number of nitrogens with one attached hydrogen (secondary N) is 2. The Balaban J connectivity index is 1.60. The molecule has 1 aromatic heterocycles. The average molecular weight is 338 g/mol. The van der Waals surface area contributed by atoms with Crippen LogP contribution >= 0.6 is 23.4 Å². The molecular formula is C15H20ClN5S. The van der Waals surface area contributed by atoms with Crippen LogP contribution in [0.25, 0.3) is 0 Å². The highest BCUT2D eigenvalue weighted by atomic mass is 35.5. The normalized spacial score (nSPS) is 11.5. The molecule has 5 nitrogen and oxygen atoms in total. The summed E-state index contributed by atoms with van der Waals surface area (Å²) in [7, 11) is 1.78. The summed E-state index contributed by atoms with van der Waals surface area (Å²) in [6.45, 7) is 2.51. The molecule has 0 fully saturated rings. The van der Waals surface area contributed by atoms with Crippen LogP contribution in [-0.2, 0) is 6.54 Å². The fourth-order valence-corrected chi connectivity index (χ4v) is 2.71. The lowest BCUT2D eigenvalue weighted by molar-refractivity contribution is 0.664. The number of rotatable bonds is 7. The second-order valence-electron chi connectivity index (χ2n) is 4.53. The maximum Gasteiger partial charge on any atom is 0.191 e. The minimum atomic E-state index is 0.768. The summed E-state index contributed by atoms with van der Waals surface area (Å²) in [4.78, 5) is 9.44. The Bertz CT molecular complexity index is 568. The average Bonchev–Trinajstić information content (AvgIpc) is 3.04.